The van der Waals surface area contributed by atoms with Crippen LogP contribution in [0.3, 0.4) is 0 Å². The Bertz CT molecular complexity index is 3130. The third kappa shape index (κ3) is 4.46. The van der Waals surface area contributed by atoms with Crippen molar-refractivity contribution in [3.8, 4) is 22.5 Å². The number of hydrogen-bond donors (Lipinski definition) is 0. The number of aromatic nitrogens is 2. The number of benzene rings is 8. The van der Waals surface area contributed by atoms with Gasteiger partial charge in [0, 0.05) is 32.9 Å². The molecular weight excluding hydrogens is 653 g/mol. The van der Waals surface area contributed by atoms with Crippen LogP contribution in [0.25, 0.3) is 87.7 Å². The van der Waals surface area contributed by atoms with E-state index >= 15 is 0 Å². The first kappa shape index (κ1) is 31.4. The van der Waals surface area contributed by atoms with Gasteiger partial charge in [-0.1, -0.05) is 125 Å². The molecule has 0 amide bonds. The number of rotatable bonds is 3. The number of nitrogens with zero attached hydrogens (tertiary/aromatic N) is 2. The lowest BCUT2D eigenvalue weighted by atomic mass is 9.63. The molecule has 8 aromatic carbocycles. The van der Waals surface area contributed by atoms with E-state index in [9.17, 15) is 0 Å². The zero-order chi connectivity index (χ0) is 36.3. The van der Waals surface area contributed by atoms with Crippen LogP contribution >= 0.6 is 0 Å². The second kappa shape index (κ2) is 11.2. The van der Waals surface area contributed by atoms with E-state index in [0.29, 0.717) is 0 Å². The van der Waals surface area contributed by atoms with E-state index in [1.165, 1.54) is 112 Å². The predicted molar refractivity (Wildman–Crippen MR) is 231 cm³/mol. The van der Waals surface area contributed by atoms with Crippen LogP contribution in [0.1, 0.15) is 51.7 Å². The van der Waals surface area contributed by atoms with Crippen molar-refractivity contribution in [2.45, 2.75) is 51.4 Å². The largest absolute Gasteiger partial charge is 0.309 e. The summed E-state index contributed by atoms with van der Waals surface area (Å²) in [6.07, 6.45) is 2.36. The van der Waals surface area contributed by atoms with Crippen molar-refractivity contribution >= 4 is 65.2 Å². The van der Waals surface area contributed by atoms with Gasteiger partial charge < -0.3 is 9.13 Å². The first-order chi connectivity index (χ1) is 26.3. The average Bonchev–Trinajstić information content (AvgIpc) is 3.72. The lowest BCUT2D eigenvalue weighted by Crippen LogP contribution is -2.33. The summed E-state index contributed by atoms with van der Waals surface area (Å²) < 4.78 is 5.02. The zero-order valence-corrected chi connectivity index (χ0v) is 31.3. The van der Waals surface area contributed by atoms with E-state index in [1.807, 2.05) is 0 Å². The van der Waals surface area contributed by atoms with E-state index in [2.05, 4.69) is 195 Å². The smallest absolute Gasteiger partial charge is 0.0549 e. The number of fused-ring (bicyclic) bond motifs is 11. The third-order valence-electron chi connectivity index (χ3n) is 12.7. The van der Waals surface area contributed by atoms with Gasteiger partial charge in [0.1, 0.15) is 0 Å². The molecule has 54 heavy (non-hydrogen) atoms. The molecule has 10 aromatic rings. The van der Waals surface area contributed by atoms with Crippen molar-refractivity contribution in [1.29, 1.82) is 0 Å². The molecule has 0 bridgehead atoms. The summed E-state index contributed by atoms with van der Waals surface area (Å²) >= 11 is 0. The maximum absolute atomic E-state index is 2.59. The second-order valence-corrected chi connectivity index (χ2v) is 16.8. The van der Waals surface area contributed by atoms with Gasteiger partial charge in [-0.15, -0.1) is 0 Å². The van der Waals surface area contributed by atoms with Gasteiger partial charge in [-0.25, -0.2) is 0 Å². The highest BCUT2D eigenvalue weighted by molar-refractivity contribution is 6.33. The summed E-state index contributed by atoms with van der Waals surface area (Å²) in [5, 5.41) is 10.4. The molecule has 2 aromatic heterocycles. The highest BCUT2D eigenvalue weighted by Crippen LogP contribution is 2.50. The fraction of sp³-hybridized carbons (Fsp3) is 0.154. The molecule has 0 N–H and O–H groups in total. The van der Waals surface area contributed by atoms with Crippen LogP contribution < -0.4 is 0 Å². The van der Waals surface area contributed by atoms with Crippen LogP contribution in [0.4, 0.5) is 0 Å². The van der Waals surface area contributed by atoms with Crippen molar-refractivity contribution in [3.05, 3.63) is 169 Å². The first-order valence-corrected chi connectivity index (χ1v) is 19.4. The topological polar surface area (TPSA) is 9.86 Å². The van der Waals surface area contributed by atoms with Gasteiger partial charge >= 0.3 is 0 Å². The van der Waals surface area contributed by atoms with E-state index in [1.54, 1.807) is 0 Å². The van der Waals surface area contributed by atoms with Gasteiger partial charge in [-0.2, -0.15) is 0 Å². The highest BCUT2D eigenvalue weighted by Gasteiger charge is 2.38. The molecule has 1 aliphatic rings. The number of para-hydroxylation sites is 1. The molecular formula is C52H42N2. The normalized spacial score (nSPS) is 15.2. The zero-order valence-electron chi connectivity index (χ0n) is 31.3. The van der Waals surface area contributed by atoms with Crippen LogP contribution in [-0.2, 0) is 10.8 Å². The molecule has 0 saturated heterocycles. The standard InChI is InChI=1S/C52H42N2/c1-51(2)28-29-52(3,4)43-32-47-41(31-42(43)51)49-45(54(47)39-23-20-34(21-24-39)37-19-18-33-12-8-9-14-36(33)30-37)26-27-46-50(49)48-40-17-11-10-13-35(40)22-25-44(48)53(46)38-15-6-5-7-16-38/h5-27,30-32H,28-29H2,1-4H3. The minimum absolute atomic E-state index is 0.0909. The molecule has 1 aliphatic carbocycles. The SMILES string of the molecule is CC1(C)CCC(C)(C)c2cc3c(cc21)c1c2c4c5ccccc5ccc4n(-c4ccccc4)c2ccc1n3-c1ccc(-c2ccc3ccccc3c2)cc1. The van der Waals surface area contributed by atoms with E-state index < -0.39 is 0 Å². The molecule has 0 radical (unpaired) electrons. The Balaban J connectivity index is 1.27. The van der Waals surface area contributed by atoms with Gasteiger partial charge in [-0.3, -0.25) is 0 Å². The second-order valence-electron chi connectivity index (χ2n) is 16.8. The fourth-order valence-corrected chi connectivity index (χ4v) is 9.74. The van der Waals surface area contributed by atoms with Crippen molar-refractivity contribution in [2.75, 3.05) is 0 Å². The monoisotopic (exact) mass is 694 g/mol. The summed E-state index contributed by atoms with van der Waals surface area (Å²) in [7, 11) is 0. The highest BCUT2D eigenvalue weighted by atomic mass is 15.0. The summed E-state index contributed by atoms with van der Waals surface area (Å²) in [5.41, 5.74) is 13.0. The van der Waals surface area contributed by atoms with Crippen molar-refractivity contribution < 1.29 is 0 Å². The Hall–Kier alpha value is -6.12. The first-order valence-electron chi connectivity index (χ1n) is 19.4. The lowest BCUT2D eigenvalue weighted by molar-refractivity contribution is 0.332. The van der Waals surface area contributed by atoms with Crippen LogP contribution in [-0.4, -0.2) is 9.13 Å². The summed E-state index contributed by atoms with van der Waals surface area (Å²) in [5.74, 6) is 0. The molecule has 0 atom stereocenters. The molecule has 0 fully saturated rings. The van der Waals surface area contributed by atoms with E-state index in [0.717, 1.165) is 0 Å². The van der Waals surface area contributed by atoms with Crippen LogP contribution in [0.2, 0.25) is 0 Å². The van der Waals surface area contributed by atoms with Gasteiger partial charge in [-0.05, 0) is 128 Å². The quantitative estimate of drug-likeness (QED) is 0.174. The molecule has 0 aliphatic heterocycles. The van der Waals surface area contributed by atoms with Gasteiger partial charge in [0.25, 0.3) is 0 Å². The molecule has 0 saturated carbocycles. The minimum atomic E-state index is 0.0909. The fourth-order valence-electron chi connectivity index (χ4n) is 9.74. The van der Waals surface area contributed by atoms with Crippen molar-refractivity contribution in [3.63, 3.8) is 0 Å². The molecule has 0 unspecified atom stereocenters. The minimum Gasteiger partial charge on any atom is -0.309 e. The summed E-state index contributed by atoms with van der Waals surface area (Å²) in [4.78, 5) is 0. The Labute approximate surface area is 315 Å². The molecule has 2 nitrogen and oxygen atoms in total. The van der Waals surface area contributed by atoms with Crippen LogP contribution in [0.15, 0.2) is 158 Å². The maximum Gasteiger partial charge on any atom is 0.0549 e. The van der Waals surface area contributed by atoms with E-state index in [-0.39, 0.29) is 10.8 Å². The van der Waals surface area contributed by atoms with E-state index in [4.69, 9.17) is 0 Å². The van der Waals surface area contributed by atoms with Gasteiger partial charge in [0.2, 0.25) is 0 Å². The van der Waals surface area contributed by atoms with Crippen molar-refractivity contribution in [1.82, 2.24) is 9.13 Å². The molecule has 0 spiro atoms. The Morgan fingerprint density at radius 3 is 1.63 bits per heavy atom. The molecule has 11 rings (SSSR count). The Kier molecular flexibility index (Phi) is 6.51. The van der Waals surface area contributed by atoms with Crippen LogP contribution in [0.5, 0.6) is 0 Å². The average molecular weight is 695 g/mol. The Morgan fingerprint density at radius 2 is 0.889 bits per heavy atom. The Morgan fingerprint density at radius 1 is 0.370 bits per heavy atom. The lowest BCUT2D eigenvalue weighted by Gasteiger charge is -2.42. The van der Waals surface area contributed by atoms with Gasteiger partial charge in [0.15, 0.2) is 0 Å². The number of hydrogen-bond acceptors (Lipinski definition) is 0. The summed E-state index contributed by atoms with van der Waals surface area (Å²) in [6, 6.07) is 58.9. The maximum atomic E-state index is 2.59. The molecule has 2 heteroatoms. The van der Waals surface area contributed by atoms with Crippen LogP contribution in [0, 0.1) is 0 Å². The summed E-state index contributed by atoms with van der Waals surface area (Å²) in [6.45, 7) is 9.77. The third-order valence-corrected chi connectivity index (χ3v) is 12.7. The molecule has 260 valence electrons. The van der Waals surface area contributed by atoms with Gasteiger partial charge in [0.05, 0.1) is 22.1 Å². The van der Waals surface area contributed by atoms with Crippen molar-refractivity contribution in [2.24, 2.45) is 0 Å². The molecule has 2 heterocycles. The predicted octanol–water partition coefficient (Wildman–Crippen LogP) is 14.2.